The van der Waals surface area contributed by atoms with Crippen molar-refractivity contribution in [2.75, 3.05) is 6.61 Å². The van der Waals surface area contributed by atoms with Crippen LogP contribution in [0.25, 0.3) is 5.82 Å². The van der Waals surface area contributed by atoms with Crippen molar-refractivity contribution < 1.29 is 18.7 Å². The number of aromatic nitrogens is 4. The Morgan fingerprint density at radius 3 is 2.76 bits per heavy atom. The van der Waals surface area contributed by atoms with Gasteiger partial charge in [0.05, 0.1) is 18.8 Å². The Labute approximate surface area is 165 Å². The number of fused-ring (bicyclic) bond motifs is 1. The number of halogens is 2. The molecule has 0 saturated carbocycles. The third-order valence-electron chi connectivity index (χ3n) is 4.92. The Bertz CT molecular complexity index is 1010. The van der Waals surface area contributed by atoms with E-state index in [2.05, 4.69) is 20.4 Å². The van der Waals surface area contributed by atoms with Crippen LogP contribution in [0.1, 0.15) is 46.2 Å². The molecule has 0 bridgehead atoms. The number of aliphatic hydroxyl groups excluding tert-OH is 1. The second-order valence-corrected chi connectivity index (χ2v) is 6.83. The van der Waals surface area contributed by atoms with Crippen LogP contribution >= 0.6 is 0 Å². The number of rotatable bonds is 5. The molecule has 2 aromatic heterocycles. The SMILES string of the molecule is O=C(N[C@H](CO)c1ccccc1)c1nn(-c2cnccn2)c2c1CCCC2(F)F. The molecule has 1 aliphatic carbocycles. The molecule has 4 rings (SSSR count). The van der Waals surface area contributed by atoms with Crippen LogP contribution in [0.3, 0.4) is 0 Å². The third kappa shape index (κ3) is 3.61. The molecule has 0 fully saturated rings. The zero-order chi connectivity index (χ0) is 20.4. The fourth-order valence-electron chi connectivity index (χ4n) is 3.56. The summed E-state index contributed by atoms with van der Waals surface area (Å²) in [7, 11) is 0. The maximum Gasteiger partial charge on any atom is 0.290 e. The van der Waals surface area contributed by atoms with Crippen LogP contribution in [-0.2, 0) is 12.3 Å². The van der Waals surface area contributed by atoms with Crippen LogP contribution in [-0.4, -0.2) is 37.4 Å². The number of hydrogen-bond donors (Lipinski definition) is 2. The minimum atomic E-state index is -3.13. The molecule has 0 aliphatic heterocycles. The highest BCUT2D eigenvalue weighted by Crippen LogP contribution is 2.42. The molecule has 2 heterocycles. The second kappa shape index (κ2) is 7.67. The Morgan fingerprint density at radius 1 is 1.28 bits per heavy atom. The normalized spacial score (nSPS) is 16.1. The van der Waals surface area contributed by atoms with Crippen LogP contribution in [0.2, 0.25) is 0 Å². The van der Waals surface area contributed by atoms with Crippen LogP contribution < -0.4 is 5.32 Å². The fourth-order valence-corrected chi connectivity index (χ4v) is 3.56. The molecule has 0 radical (unpaired) electrons. The van der Waals surface area contributed by atoms with Crippen LogP contribution in [0, 0.1) is 0 Å². The molecular weight excluding hydrogens is 380 g/mol. The van der Waals surface area contributed by atoms with Crippen molar-refractivity contribution in [2.24, 2.45) is 0 Å². The largest absolute Gasteiger partial charge is 0.394 e. The smallest absolute Gasteiger partial charge is 0.290 e. The van der Waals surface area contributed by atoms with E-state index in [1.54, 1.807) is 24.3 Å². The van der Waals surface area contributed by atoms with E-state index in [4.69, 9.17) is 0 Å². The zero-order valence-electron chi connectivity index (χ0n) is 15.4. The van der Waals surface area contributed by atoms with Crippen molar-refractivity contribution in [3.05, 3.63) is 71.4 Å². The molecule has 0 spiro atoms. The van der Waals surface area contributed by atoms with Gasteiger partial charge in [-0.3, -0.25) is 9.78 Å². The lowest BCUT2D eigenvalue weighted by molar-refractivity contribution is -0.0283. The van der Waals surface area contributed by atoms with E-state index in [1.165, 1.54) is 18.6 Å². The molecule has 0 unspecified atom stereocenters. The fraction of sp³-hybridized carbons (Fsp3) is 0.300. The highest BCUT2D eigenvalue weighted by atomic mass is 19.3. The number of benzene rings is 1. The van der Waals surface area contributed by atoms with E-state index in [1.807, 2.05) is 6.07 Å². The first-order chi connectivity index (χ1) is 14.0. The third-order valence-corrected chi connectivity index (χ3v) is 4.92. The molecule has 1 aromatic carbocycles. The average molecular weight is 399 g/mol. The standard InChI is InChI=1S/C20H19F2N5O2/c21-20(22)8-4-7-14-17(26-27(18(14)20)16-11-23-9-10-24-16)19(29)25-15(12-28)13-5-2-1-3-6-13/h1-3,5-6,9-11,15,28H,4,7-8,12H2,(H,25,29)/t15-/m1/s1. The van der Waals surface area contributed by atoms with Gasteiger partial charge in [0.2, 0.25) is 0 Å². The molecule has 3 aromatic rings. The molecule has 1 aliphatic rings. The van der Waals surface area contributed by atoms with Crippen LogP contribution in [0.4, 0.5) is 8.78 Å². The summed E-state index contributed by atoms with van der Waals surface area (Å²) < 4.78 is 30.5. The van der Waals surface area contributed by atoms with E-state index in [9.17, 15) is 18.7 Å². The Kier molecular flexibility index (Phi) is 5.06. The van der Waals surface area contributed by atoms with Gasteiger partial charge in [-0.2, -0.15) is 13.9 Å². The van der Waals surface area contributed by atoms with Gasteiger partial charge in [-0.25, -0.2) is 9.67 Å². The first kappa shape index (κ1) is 19.1. The summed E-state index contributed by atoms with van der Waals surface area (Å²) >= 11 is 0. The van der Waals surface area contributed by atoms with Crippen molar-refractivity contribution in [1.82, 2.24) is 25.1 Å². The van der Waals surface area contributed by atoms with Crippen molar-refractivity contribution in [2.45, 2.75) is 31.2 Å². The summed E-state index contributed by atoms with van der Waals surface area (Å²) in [4.78, 5) is 20.9. The number of amides is 1. The lowest BCUT2D eigenvalue weighted by Crippen LogP contribution is -2.32. The number of nitrogens with zero attached hydrogens (tertiary/aromatic N) is 4. The summed E-state index contributed by atoms with van der Waals surface area (Å²) in [5.41, 5.74) is 0.499. The molecule has 0 saturated heterocycles. The Hall–Kier alpha value is -3.20. The highest BCUT2D eigenvalue weighted by molar-refractivity contribution is 5.94. The van der Waals surface area contributed by atoms with Crippen molar-refractivity contribution in [3.63, 3.8) is 0 Å². The summed E-state index contributed by atoms with van der Waals surface area (Å²) in [5.74, 6) is -3.64. The Balaban J connectivity index is 1.74. The number of carbonyl (C=O) groups is 1. The van der Waals surface area contributed by atoms with Gasteiger partial charge in [0.25, 0.3) is 11.8 Å². The summed E-state index contributed by atoms with van der Waals surface area (Å²) in [5, 5.41) is 16.6. The Morgan fingerprint density at radius 2 is 2.07 bits per heavy atom. The molecular formula is C20H19F2N5O2. The van der Waals surface area contributed by atoms with Crippen LogP contribution in [0.5, 0.6) is 0 Å². The molecule has 29 heavy (non-hydrogen) atoms. The molecule has 7 nitrogen and oxygen atoms in total. The van der Waals surface area contributed by atoms with E-state index in [-0.39, 0.29) is 42.2 Å². The summed E-state index contributed by atoms with van der Waals surface area (Å²) in [6.07, 6.45) is 4.35. The van der Waals surface area contributed by atoms with Gasteiger partial charge in [0.15, 0.2) is 11.5 Å². The number of nitrogens with one attached hydrogen (secondary N) is 1. The van der Waals surface area contributed by atoms with Crippen molar-refractivity contribution in [1.29, 1.82) is 0 Å². The van der Waals surface area contributed by atoms with Crippen LogP contribution in [0.15, 0.2) is 48.9 Å². The highest BCUT2D eigenvalue weighted by Gasteiger charge is 2.44. The topological polar surface area (TPSA) is 92.9 Å². The molecule has 1 atom stereocenters. The first-order valence-corrected chi connectivity index (χ1v) is 9.24. The first-order valence-electron chi connectivity index (χ1n) is 9.24. The molecule has 9 heteroatoms. The van der Waals surface area contributed by atoms with Gasteiger partial charge in [0.1, 0.15) is 5.69 Å². The number of alkyl halides is 2. The second-order valence-electron chi connectivity index (χ2n) is 6.83. The molecule has 1 amide bonds. The lowest BCUT2D eigenvalue weighted by atomic mass is 9.92. The minimum absolute atomic E-state index is 0.0839. The van der Waals surface area contributed by atoms with Gasteiger partial charge >= 0.3 is 0 Å². The number of carbonyl (C=O) groups excluding carboxylic acids is 1. The quantitative estimate of drug-likeness (QED) is 0.688. The summed E-state index contributed by atoms with van der Waals surface area (Å²) in [6.45, 7) is -0.334. The minimum Gasteiger partial charge on any atom is -0.394 e. The van der Waals surface area contributed by atoms with Gasteiger partial charge in [0, 0.05) is 24.4 Å². The maximum absolute atomic E-state index is 14.7. The van der Waals surface area contributed by atoms with E-state index < -0.39 is 17.9 Å². The van der Waals surface area contributed by atoms with Gasteiger partial charge in [-0.05, 0) is 18.4 Å². The monoisotopic (exact) mass is 399 g/mol. The molecule has 2 N–H and O–H groups in total. The zero-order valence-corrected chi connectivity index (χ0v) is 15.4. The molecule has 150 valence electrons. The van der Waals surface area contributed by atoms with E-state index >= 15 is 0 Å². The maximum atomic E-state index is 14.7. The number of aliphatic hydroxyl groups is 1. The van der Waals surface area contributed by atoms with Crippen molar-refractivity contribution in [3.8, 4) is 5.82 Å². The van der Waals surface area contributed by atoms with Gasteiger partial charge in [-0.1, -0.05) is 30.3 Å². The van der Waals surface area contributed by atoms with E-state index in [0.29, 0.717) is 12.0 Å². The van der Waals surface area contributed by atoms with Gasteiger partial charge < -0.3 is 10.4 Å². The lowest BCUT2D eigenvalue weighted by Gasteiger charge is -2.23. The van der Waals surface area contributed by atoms with Gasteiger partial charge in [-0.15, -0.1) is 0 Å². The predicted molar refractivity (Wildman–Crippen MR) is 99.7 cm³/mol. The predicted octanol–water partition coefficient (Wildman–Crippen LogP) is 2.55. The van der Waals surface area contributed by atoms with E-state index in [0.717, 1.165) is 4.68 Å². The van der Waals surface area contributed by atoms with Crippen molar-refractivity contribution >= 4 is 5.91 Å². The summed E-state index contributed by atoms with van der Waals surface area (Å²) in [6, 6.07) is 8.25. The average Bonchev–Trinajstić information content (AvgIpc) is 3.14. The number of hydrogen-bond acceptors (Lipinski definition) is 5.